The highest BCUT2D eigenvalue weighted by Crippen LogP contribution is 2.42. The maximum atomic E-state index is 15.7. The van der Waals surface area contributed by atoms with E-state index in [0.717, 1.165) is 28.0 Å². The van der Waals surface area contributed by atoms with Gasteiger partial charge in [0.05, 0.1) is 28.5 Å². The minimum Gasteiger partial charge on any atom is -0.369 e. The van der Waals surface area contributed by atoms with Crippen molar-refractivity contribution < 1.29 is 12.8 Å². The zero-order valence-electron chi connectivity index (χ0n) is 19.3. The minimum absolute atomic E-state index is 0.377. The van der Waals surface area contributed by atoms with Crippen molar-refractivity contribution in [3.63, 3.8) is 0 Å². The van der Waals surface area contributed by atoms with Crippen LogP contribution in [0.1, 0.15) is 50.0 Å². The molecule has 1 aromatic carbocycles. The number of benzene rings is 1. The smallest absolute Gasteiger partial charge is 0.236 e. The van der Waals surface area contributed by atoms with Crippen molar-refractivity contribution in [2.24, 2.45) is 0 Å². The first-order valence-corrected chi connectivity index (χ1v) is 12.7. The minimum atomic E-state index is -3.47. The van der Waals surface area contributed by atoms with Gasteiger partial charge in [0, 0.05) is 17.8 Å². The van der Waals surface area contributed by atoms with Gasteiger partial charge in [-0.1, -0.05) is 25.2 Å². The number of fused-ring (bicyclic) bond motifs is 4. The van der Waals surface area contributed by atoms with Gasteiger partial charge in [0.15, 0.2) is 5.82 Å². The molecule has 0 unspecified atom stereocenters. The first-order valence-electron chi connectivity index (χ1n) is 10.9. The summed E-state index contributed by atoms with van der Waals surface area (Å²) in [6.45, 7) is 7.87. The topological polar surface area (TPSA) is 81.8 Å². The Morgan fingerprint density at radius 1 is 1.27 bits per heavy atom. The van der Waals surface area contributed by atoms with E-state index in [-0.39, 0.29) is 5.82 Å². The monoisotopic (exact) mass is 467 g/mol. The van der Waals surface area contributed by atoms with Crippen molar-refractivity contribution in [1.82, 2.24) is 18.7 Å². The molecule has 3 heterocycles. The maximum Gasteiger partial charge on any atom is 0.236 e. The lowest BCUT2D eigenvalue weighted by molar-refractivity contribution is 0.520. The summed E-state index contributed by atoms with van der Waals surface area (Å²) < 4.78 is 43.5. The van der Waals surface area contributed by atoms with Crippen LogP contribution in [-0.2, 0) is 22.0 Å². The summed E-state index contributed by atoms with van der Waals surface area (Å²) in [7, 11) is -3.47. The van der Waals surface area contributed by atoms with Gasteiger partial charge in [0.1, 0.15) is 11.6 Å². The molecule has 0 amide bonds. The van der Waals surface area contributed by atoms with Gasteiger partial charge in [0.2, 0.25) is 10.0 Å². The van der Waals surface area contributed by atoms with Crippen molar-refractivity contribution in [3.05, 3.63) is 69.6 Å². The van der Waals surface area contributed by atoms with Crippen LogP contribution in [-0.4, -0.2) is 33.4 Å². The van der Waals surface area contributed by atoms with E-state index in [9.17, 15) is 8.42 Å². The van der Waals surface area contributed by atoms with Gasteiger partial charge in [-0.05, 0) is 56.0 Å². The average Bonchev–Trinajstić information content (AvgIpc) is 3.31. The second-order valence-electron chi connectivity index (χ2n) is 9.06. The van der Waals surface area contributed by atoms with Gasteiger partial charge < -0.3 is 5.32 Å². The average molecular weight is 468 g/mol. The Hall–Kier alpha value is -3.20. The number of anilines is 1. The van der Waals surface area contributed by atoms with Crippen LogP contribution in [0.25, 0.3) is 17.3 Å². The van der Waals surface area contributed by atoms with Crippen molar-refractivity contribution >= 4 is 27.4 Å². The Balaban J connectivity index is 1.88. The third-order valence-electron chi connectivity index (χ3n) is 6.33. The Labute approximate surface area is 192 Å². The molecular formula is C24H26FN5O2S. The van der Waals surface area contributed by atoms with Gasteiger partial charge in [-0.25, -0.2) is 16.8 Å². The Kier molecular flexibility index (Phi) is 4.69. The predicted molar refractivity (Wildman–Crippen MR) is 127 cm³/mol. The number of nitrogens with zero attached hydrogens (tertiary/aromatic N) is 4. The highest BCUT2D eigenvalue weighted by molar-refractivity contribution is 7.89. The molecule has 0 radical (unpaired) electrons. The Bertz CT molecular complexity index is 1580. The summed E-state index contributed by atoms with van der Waals surface area (Å²) in [5, 5.41) is 13.4. The van der Waals surface area contributed by atoms with Gasteiger partial charge in [-0.2, -0.15) is 0 Å². The zero-order valence-corrected chi connectivity index (χ0v) is 20.1. The number of hydrogen-bond donors (Lipinski definition) is 1. The van der Waals surface area contributed by atoms with Gasteiger partial charge in [0.25, 0.3) is 0 Å². The van der Waals surface area contributed by atoms with Crippen LogP contribution in [0.2, 0.25) is 0 Å². The van der Waals surface area contributed by atoms with Crippen LogP contribution in [0, 0.1) is 12.7 Å². The molecule has 0 bridgehead atoms. The zero-order chi connectivity index (χ0) is 23.7. The van der Waals surface area contributed by atoms with E-state index in [1.807, 2.05) is 50.5 Å². The fraction of sp³-hybridized carbons (Fsp3) is 0.333. The van der Waals surface area contributed by atoms with E-state index in [1.165, 1.54) is 16.3 Å². The molecule has 33 heavy (non-hydrogen) atoms. The molecule has 0 fully saturated rings. The van der Waals surface area contributed by atoms with Crippen LogP contribution in [0.4, 0.5) is 10.1 Å². The Morgan fingerprint density at radius 3 is 2.73 bits per heavy atom. The number of aryl methyl sites for hydroxylation is 1. The van der Waals surface area contributed by atoms with E-state index in [1.54, 1.807) is 12.3 Å². The van der Waals surface area contributed by atoms with E-state index in [4.69, 9.17) is 0 Å². The molecule has 1 aliphatic heterocycles. The molecular weight excluding hydrogens is 441 g/mol. The van der Waals surface area contributed by atoms with Crippen molar-refractivity contribution in [1.29, 1.82) is 0 Å². The van der Waals surface area contributed by atoms with Crippen molar-refractivity contribution in [2.75, 3.05) is 11.6 Å². The highest BCUT2D eigenvalue weighted by Gasteiger charge is 2.37. The SMILES string of the molecule is CCc1nnc2n1-c1c(C)c(C3=c4ccn(S(C)(=O)=O)c4=CCC=C3)cc(F)c1NC2(C)C. The molecule has 1 aliphatic carbocycles. The Morgan fingerprint density at radius 2 is 2.03 bits per heavy atom. The fourth-order valence-electron chi connectivity index (χ4n) is 4.80. The van der Waals surface area contributed by atoms with Crippen LogP contribution in [0.15, 0.2) is 30.5 Å². The highest BCUT2D eigenvalue weighted by atomic mass is 32.2. The first kappa shape index (κ1) is 21.6. The largest absolute Gasteiger partial charge is 0.369 e. The van der Waals surface area contributed by atoms with E-state index in [2.05, 4.69) is 15.5 Å². The molecule has 0 saturated heterocycles. The standard InChI is InChI=1S/C24H26FN5O2S/c1-6-20-27-28-23-24(3,4)26-21-18(25)13-17(14(2)22(21)30(20)23)15-9-7-8-10-19-16(15)11-12-29(19)33(5,31)32/h7,9-13,26H,6,8H2,1-5H3. The lowest BCUT2D eigenvalue weighted by Gasteiger charge is -2.35. The molecule has 2 aliphatic rings. The molecule has 2 aromatic heterocycles. The second kappa shape index (κ2) is 7.15. The maximum absolute atomic E-state index is 15.7. The molecule has 7 nitrogen and oxygen atoms in total. The van der Waals surface area contributed by atoms with Gasteiger partial charge in [-0.15, -0.1) is 10.2 Å². The van der Waals surface area contributed by atoms with Crippen LogP contribution < -0.4 is 15.9 Å². The number of nitrogens with one attached hydrogen (secondary N) is 1. The molecule has 1 N–H and O–H groups in total. The van der Waals surface area contributed by atoms with Crippen molar-refractivity contribution in [2.45, 2.75) is 46.1 Å². The third kappa shape index (κ3) is 3.17. The molecule has 172 valence electrons. The second-order valence-corrected chi connectivity index (χ2v) is 10.9. The van der Waals surface area contributed by atoms with E-state index >= 15 is 4.39 Å². The summed E-state index contributed by atoms with van der Waals surface area (Å²) in [4.78, 5) is 0. The number of hydrogen-bond acceptors (Lipinski definition) is 5. The summed E-state index contributed by atoms with van der Waals surface area (Å²) in [6.07, 6.45) is 9.74. The normalized spacial score (nSPS) is 16.4. The van der Waals surface area contributed by atoms with E-state index < -0.39 is 15.6 Å². The van der Waals surface area contributed by atoms with Crippen LogP contribution >= 0.6 is 0 Å². The molecule has 0 atom stereocenters. The van der Waals surface area contributed by atoms with Crippen LogP contribution in [0.3, 0.4) is 0 Å². The molecule has 5 rings (SSSR count). The van der Waals surface area contributed by atoms with Gasteiger partial charge >= 0.3 is 0 Å². The molecule has 0 saturated carbocycles. The molecule has 0 spiro atoms. The van der Waals surface area contributed by atoms with E-state index in [0.29, 0.717) is 35.1 Å². The molecule has 9 heteroatoms. The molecule has 3 aromatic rings. The summed E-state index contributed by atoms with van der Waals surface area (Å²) in [6, 6.07) is 3.31. The summed E-state index contributed by atoms with van der Waals surface area (Å²) in [5.41, 5.74) is 2.87. The lowest BCUT2D eigenvalue weighted by Crippen LogP contribution is -2.37. The van der Waals surface area contributed by atoms with Gasteiger partial charge in [-0.3, -0.25) is 4.57 Å². The van der Waals surface area contributed by atoms with Crippen LogP contribution in [0.5, 0.6) is 0 Å². The first-order chi connectivity index (χ1) is 15.5. The quantitative estimate of drug-likeness (QED) is 0.640. The fourth-order valence-corrected chi connectivity index (χ4v) is 5.61. The van der Waals surface area contributed by atoms with Crippen molar-refractivity contribution in [3.8, 4) is 5.69 Å². The number of allylic oxidation sites excluding steroid dienone is 2. The number of halogens is 1. The third-order valence-corrected chi connectivity index (χ3v) is 7.36. The summed E-state index contributed by atoms with van der Waals surface area (Å²) >= 11 is 0. The summed E-state index contributed by atoms with van der Waals surface area (Å²) in [5.74, 6) is 1.11. The number of aromatic nitrogens is 4. The number of rotatable bonds is 3. The predicted octanol–water partition coefficient (Wildman–Crippen LogP) is 2.49. The lowest BCUT2D eigenvalue weighted by atomic mass is 9.92.